The van der Waals surface area contributed by atoms with Gasteiger partial charge in [-0.25, -0.2) is 0 Å². The number of aliphatic carboxylic acids is 1. The fraction of sp³-hybridized carbons (Fsp3) is 0.778. The maximum atomic E-state index is 11.2. The molecule has 0 aromatic rings. The lowest BCUT2D eigenvalue weighted by Gasteiger charge is -2.27. The van der Waals surface area contributed by atoms with Crippen LogP contribution in [-0.4, -0.2) is 35.6 Å². The first-order valence-electron chi connectivity index (χ1n) is 4.60. The number of rotatable bonds is 5. The fourth-order valence-electron chi connectivity index (χ4n) is 1.07. The number of amides is 1. The van der Waals surface area contributed by atoms with Crippen LogP contribution in [0.25, 0.3) is 0 Å². The van der Waals surface area contributed by atoms with Crippen LogP contribution in [0.5, 0.6) is 0 Å². The SMILES string of the molecule is CCC(C)(NC(C)C(=O)NC)C(=O)O. The van der Waals surface area contributed by atoms with Crippen LogP contribution in [0.4, 0.5) is 0 Å². The van der Waals surface area contributed by atoms with Gasteiger partial charge in [-0.15, -0.1) is 0 Å². The van der Waals surface area contributed by atoms with Crippen molar-refractivity contribution in [3.63, 3.8) is 0 Å². The van der Waals surface area contributed by atoms with Gasteiger partial charge in [0.15, 0.2) is 0 Å². The summed E-state index contributed by atoms with van der Waals surface area (Å²) < 4.78 is 0. The van der Waals surface area contributed by atoms with E-state index < -0.39 is 17.6 Å². The predicted octanol–water partition coefficient (Wildman–Crippen LogP) is -0.0362. The summed E-state index contributed by atoms with van der Waals surface area (Å²) in [7, 11) is 1.52. The highest BCUT2D eigenvalue weighted by molar-refractivity contribution is 5.83. The molecular formula is C9H18N2O3. The van der Waals surface area contributed by atoms with Gasteiger partial charge in [0.25, 0.3) is 0 Å². The lowest BCUT2D eigenvalue weighted by atomic mass is 9.98. The Morgan fingerprint density at radius 3 is 2.29 bits per heavy atom. The first kappa shape index (κ1) is 12.9. The Labute approximate surface area is 83.9 Å². The van der Waals surface area contributed by atoms with Gasteiger partial charge < -0.3 is 10.4 Å². The van der Waals surface area contributed by atoms with E-state index in [-0.39, 0.29) is 5.91 Å². The van der Waals surface area contributed by atoms with Crippen LogP contribution in [0.15, 0.2) is 0 Å². The molecule has 0 radical (unpaired) electrons. The standard InChI is InChI=1S/C9H18N2O3/c1-5-9(3,8(13)14)11-6(2)7(12)10-4/h6,11H,5H2,1-4H3,(H,10,12)(H,13,14). The van der Waals surface area contributed by atoms with Gasteiger partial charge in [-0.1, -0.05) is 6.92 Å². The molecule has 0 aromatic carbocycles. The van der Waals surface area contributed by atoms with Crippen molar-refractivity contribution in [3.05, 3.63) is 0 Å². The van der Waals surface area contributed by atoms with Gasteiger partial charge in [0.1, 0.15) is 5.54 Å². The van der Waals surface area contributed by atoms with Crippen molar-refractivity contribution in [2.75, 3.05) is 7.05 Å². The Balaban J connectivity index is 4.46. The number of carbonyl (C=O) groups excluding carboxylic acids is 1. The zero-order chi connectivity index (χ0) is 11.4. The van der Waals surface area contributed by atoms with E-state index in [0.717, 1.165) is 0 Å². The second-order valence-electron chi connectivity index (χ2n) is 3.47. The Hall–Kier alpha value is -1.10. The van der Waals surface area contributed by atoms with Crippen LogP contribution in [-0.2, 0) is 9.59 Å². The molecular weight excluding hydrogens is 184 g/mol. The second kappa shape index (κ2) is 4.95. The molecule has 2 atom stereocenters. The number of nitrogens with one attached hydrogen (secondary N) is 2. The molecule has 0 heterocycles. The first-order valence-corrected chi connectivity index (χ1v) is 4.60. The van der Waals surface area contributed by atoms with Gasteiger partial charge in [-0.3, -0.25) is 14.9 Å². The van der Waals surface area contributed by atoms with E-state index in [1.807, 2.05) is 0 Å². The van der Waals surface area contributed by atoms with Gasteiger partial charge in [-0.2, -0.15) is 0 Å². The highest BCUT2D eigenvalue weighted by Gasteiger charge is 2.33. The molecule has 0 saturated carbocycles. The molecule has 0 saturated heterocycles. The minimum atomic E-state index is -1.05. The summed E-state index contributed by atoms with van der Waals surface area (Å²) in [6, 6.07) is -0.513. The molecule has 0 aliphatic heterocycles. The van der Waals surface area contributed by atoms with E-state index >= 15 is 0 Å². The van der Waals surface area contributed by atoms with Crippen molar-refractivity contribution in [2.24, 2.45) is 0 Å². The normalized spacial score (nSPS) is 16.9. The molecule has 0 bridgehead atoms. The highest BCUT2D eigenvalue weighted by atomic mass is 16.4. The van der Waals surface area contributed by atoms with Crippen molar-refractivity contribution >= 4 is 11.9 Å². The molecule has 0 aliphatic carbocycles. The van der Waals surface area contributed by atoms with Crippen molar-refractivity contribution < 1.29 is 14.7 Å². The third-order valence-corrected chi connectivity index (χ3v) is 2.35. The summed E-state index contributed by atoms with van der Waals surface area (Å²) in [5, 5.41) is 14.2. The fourth-order valence-corrected chi connectivity index (χ4v) is 1.07. The van der Waals surface area contributed by atoms with Crippen LogP contribution in [0.3, 0.4) is 0 Å². The van der Waals surface area contributed by atoms with E-state index in [9.17, 15) is 9.59 Å². The largest absolute Gasteiger partial charge is 0.480 e. The molecule has 1 amide bonds. The van der Waals surface area contributed by atoms with E-state index in [1.54, 1.807) is 20.8 Å². The average molecular weight is 202 g/mol. The summed E-state index contributed by atoms with van der Waals surface area (Å²) in [6.45, 7) is 4.96. The van der Waals surface area contributed by atoms with Crippen molar-refractivity contribution in [1.29, 1.82) is 0 Å². The van der Waals surface area contributed by atoms with Crippen molar-refractivity contribution in [3.8, 4) is 0 Å². The number of hydrogen-bond acceptors (Lipinski definition) is 3. The minimum Gasteiger partial charge on any atom is -0.480 e. The monoisotopic (exact) mass is 202 g/mol. The quantitative estimate of drug-likeness (QED) is 0.584. The molecule has 82 valence electrons. The van der Waals surface area contributed by atoms with Gasteiger partial charge in [0.05, 0.1) is 6.04 Å². The number of carboxylic acids is 1. The third kappa shape index (κ3) is 2.99. The van der Waals surface area contributed by atoms with Crippen LogP contribution in [0, 0.1) is 0 Å². The molecule has 0 aliphatic rings. The Kier molecular flexibility index (Phi) is 4.56. The average Bonchev–Trinajstić information content (AvgIpc) is 2.15. The molecule has 0 spiro atoms. The number of likely N-dealkylation sites (N-methyl/N-ethyl adjacent to an activating group) is 1. The van der Waals surface area contributed by atoms with E-state index in [4.69, 9.17) is 5.11 Å². The summed E-state index contributed by atoms with van der Waals surface area (Å²) in [5.41, 5.74) is -1.05. The minimum absolute atomic E-state index is 0.217. The molecule has 5 heteroatoms. The van der Waals surface area contributed by atoms with Gasteiger partial charge >= 0.3 is 5.97 Å². The Morgan fingerprint density at radius 2 is 2.00 bits per heavy atom. The molecule has 0 rings (SSSR count). The van der Waals surface area contributed by atoms with Gasteiger partial charge in [-0.05, 0) is 20.3 Å². The van der Waals surface area contributed by atoms with Crippen LogP contribution >= 0.6 is 0 Å². The van der Waals surface area contributed by atoms with Gasteiger partial charge in [0, 0.05) is 7.05 Å². The summed E-state index contributed by atoms with van der Waals surface area (Å²) in [5.74, 6) is -1.17. The number of hydrogen-bond donors (Lipinski definition) is 3. The van der Waals surface area contributed by atoms with Crippen LogP contribution in [0.2, 0.25) is 0 Å². The summed E-state index contributed by atoms with van der Waals surface area (Å²) >= 11 is 0. The molecule has 2 unspecified atom stereocenters. The van der Waals surface area contributed by atoms with Crippen LogP contribution < -0.4 is 10.6 Å². The molecule has 0 fully saturated rings. The maximum Gasteiger partial charge on any atom is 0.323 e. The lowest BCUT2D eigenvalue weighted by Crippen LogP contribution is -2.56. The van der Waals surface area contributed by atoms with Crippen molar-refractivity contribution in [2.45, 2.75) is 38.8 Å². The van der Waals surface area contributed by atoms with Crippen molar-refractivity contribution in [1.82, 2.24) is 10.6 Å². The zero-order valence-corrected chi connectivity index (χ0v) is 9.05. The number of carboxylic acid groups (broad SMARTS) is 1. The zero-order valence-electron chi connectivity index (χ0n) is 9.05. The summed E-state index contributed by atoms with van der Waals surface area (Å²) in [4.78, 5) is 22.1. The third-order valence-electron chi connectivity index (χ3n) is 2.35. The maximum absolute atomic E-state index is 11.2. The predicted molar refractivity (Wildman–Crippen MR) is 53.0 cm³/mol. The van der Waals surface area contributed by atoms with Gasteiger partial charge in [0.2, 0.25) is 5.91 Å². The second-order valence-corrected chi connectivity index (χ2v) is 3.47. The van der Waals surface area contributed by atoms with E-state index in [0.29, 0.717) is 6.42 Å². The van der Waals surface area contributed by atoms with Crippen LogP contribution in [0.1, 0.15) is 27.2 Å². The smallest absolute Gasteiger partial charge is 0.323 e. The first-order chi connectivity index (χ1) is 6.37. The topological polar surface area (TPSA) is 78.4 Å². The Morgan fingerprint density at radius 1 is 1.50 bits per heavy atom. The number of carbonyl (C=O) groups is 2. The lowest BCUT2D eigenvalue weighted by molar-refractivity contribution is -0.145. The molecule has 14 heavy (non-hydrogen) atoms. The molecule has 5 nitrogen and oxygen atoms in total. The highest BCUT2D eigenvalue weighted by Crippen LogP contribution is 2.10. The molecule has 0 aromatic heterocycles. The van der Waals surface area contributed by atoms with E-state index in [1.165, 1.54) is 7.05 Å². The summed E-state index contributed by atoms with van der Waals surface area (Å²) in [6.07, 6.45) is 0.420. The molecule has 3 N–H and O–H groups in total. The van der Waals surface area contributed by atoms with E-state index in [2.05, 4.69) is 10.6 Å². The Bertz CT molecular complexity index is 230.